The van der Waals surface area contributed by atoms with Crippen molar-refractivity contribution in [3.8, 4) is 0 Å². The molecule has 2 fully saturated rings. The van der Waals surface area contributed by atoms with Crippen LogP contribution in [0.5, 0.6) is 0 Å². The first kappa shape index (κ1) is 24.0. The van der Waals surface area contributed by atoms with Crippen molar-refractivity contribution in [2.75, 3.05) is 26.3 Å². The summed E-state index contributed by atoms with van der Waals surface area (Å²) in [6, 6.07) is -0.827. The Labute approximate surface area is 195 Å². The van der Waals surface area contributed by atoms with E-state index in [0.29, 0.717) is 19.7 Å². The molecule has 0 radical (unpaired) electrons. The van der Waals surface area contributed by atoms with Gasteiger partial charge in [-0.15, -0.1) is 0 Å². The number of nitrogens with zero attached hydrogens (tertiary/aromatic N) is 2. The van der Waals surface area contributed by atoms with E-state index in [1.165, 1.54) is 0 Å². The number of cyclic esters (lactones) is 1. The molecule has 2 unspecified atom stereocenters. The molecule has 33 heavy (non-hydrogen) atoms. The molecule has 8 nitrogen and oxygen atoms in total. The summed E-state index contributed by atoms with van der Waals surface area (Å²) in [7, 11) is 0. The van der Waals surface area contributed by atoms with Gasteiger partial charge in [0.05, 0.1) is 18.6 Å². The van der Waals surface area contributed by atoms with Gasteiger partial charge in [-0.05, 0) is 39.5 Å². The first-order valence-electron chi connectivity index (χ1n) is 12.3. The number of aliphatic hydroxyl groups excluding tert-OH is 1. The van der Waals surface area contributed by atoms with Crippen molar-refractivity contribution >= 4 is 17.8 Å². The number of hydrogen-bond donors (Lipinski definition) is 1. The monoisotopic (exact) mass is 460 g/mol. The lowest BCUT2D eigenvalue weighted by Gasteiger charge is -2.36. The van der Waals surface area contributed by atoms with Crippen LogP contribution in [0, 0.1) is 11.8 Å². The van der Waals surface area contributed by atoms with E-state index in [1.54, 1.807) is 9.80 Å². The van der Waals surface area contributed by atoms with Gasteiger partial charge < -0.3 is 24.4 Å². The summed E-state index contributed by atoms with van der Waals surface area (Å²) in [6.45, 7) is 5.25. The van der Waals surface area contributed by atoms with E-state index >= 15 is 0 Å². The molecule has 1 N–H and O–H groups in total. The van der Waals surface area contributed by atoms with Crippen molar-refractivity contribution in [3.63, 3.8) is 0 Å². The van der Waals surface area contributed by atoms with Crippen molar-refractivity contribution < 1.29 is 29.0 Å². The molecule has 0 bridgehead atoms. The van der Waals surface area contributed by atoms with Crippen LogP contribution in [0.25, 0.3) is 0 Å². The van der Waals surface area contributed by atoms with Gasteiger partial charge in [-0.2, -0.15) is 0 Å². The molecule has 8 heteroatoms. The number of allylic oxidation sites excluding steroid dienone is 1. The average Bonchev–Trinajstić information content (AvgIpc) is 3.18. The molecule has 4 rings (SSSR count). The second-order valence-electron chi connectivity index (χ2n) is 9.74. The molecular formula is C25H36N2O6. The van der Waals surface area contributed by atoms with Crippen molar-refractivity contribution in [2.45, 2.75) is 76.2 Å². The van der Waals surface area contributed by atoms with E-state index < -0.39 is 35.6 Å². The third-order valence-electron chi connectivity index (χ3n) is 7.31. The third-order valence-corrected chi connectivity index (χ3v) is 7.31. The topological polar surface area (TPSA) is 96.4 Å². The number of carbonyl (C=O) groups is 3. The Morgan fingerprint density at radius 3 is 2.67 bits per heavy atom. The van der Waals surface area contributed by atoms with Gasteiger partial charge in [0.15, 0.2) is 0 Å². The molecule has 5 atom stereocenters. The standard InChI is InChI=1S/C25H36N2O6/c1-17(2)26-14-10-12-25-20(19-18(33-25)11-6-5-9-16-32-24(19)31)22(29)27(21(25)23(26)30)13-7-3-4-8-15-28/h6,10-12,17-21,28H,3-5,7-9,13-16H2,1-2H3/b11-6-/t18-,19?,20+,21-,25?/m1/s1. The summed E-state index contributed by atoms with van der Waals surface area (Å²) in [5.41, 5.74) is -1.18. The number of amides is 2. The van der Waals surface area contributed by atoms with Gasteiger partial charge in [0.25, 0.3) is 0 Å². The Kier molecular flexibility index (Phi) is 7.24. The zero-order chi connectivity index (χ0) is 23.6. The molecular weight excluding hydrogens is 424 g/mol. The third kappa shape index (κ3) is 4.23. The number of carbonyl (C=O) groups excluding carboxylic acids is 3. The SMILES string of the molecule is CC(C)N1CC=CC23O[C@@H]4/C=C\CCCOC(=O)C4[C@H]2C(=O)N(CCCCCCO)[C@@H]3C1=O. The van der Waals surface area contributed by atoms with E-state index in [9.17, 15) is 14.4 Å². The van der Waals surface area contributed by atoms with Gasteiger partial charge >= 0.3 is 5.97 Å². The largest absolute Gasteiger partial charge is 0.465 e. The molecule has 2 amide bonds. The van der Waals surface area contributed by atoms with Crippen LogP contribution in [0.15, 0.2) is 24.3 Å². The van der Waals surface area contributed by atoms with Gasteiger partial charge in [-0.25, -0.2) is 0 Å². The van der Waals surface area contributed by atoms with Crippen molar-refractivity contribution in [1.29, 1.82) is 0 Å². The van der Waals surface area contributed by atoms with Gasteiger partial charge in [0.1, 0.15) is 17.6 Å². The van der Waals surface area contributed by atoms with Gasteiger partial charge in [-0.3, -0.25) is 14.4 Å². The van der Waals surface area contributed by atoms with Crippen molar-refractivity contribution in [1.82, 2.24) is 9.80 Å². The number of ether oxygens (including phenoxy) is 2. The summed E-state index contributed by atoms with van der Waals surface area (Å²) < 4.78 is 12.1. The van der Waals surface area contributed by atoms with Crippen LogP contribution in [-0.4, -0.2) is 82.8 Å². The number of esters is 1. The highest BCUT2D eigenvalue weighted by molar-refractivity contribution is 5.99. The lowest BCUT2D eigenvalue weighted by molar-refractivity contribution is -0.155. The number of hydrogen-bond acceptors (Lipinski definition) is 6. The van der Waals surface area contributed by atoms with Crippen LogP contribution < -0.4 is 0 Å². The Balaban J connectivity index is 1.71. The molecule has 0 aromatic carbocycles. The first-order chi connectivity index (χ1) is 15.9. The zero-order valence-corrected chi connectivity index (χ0v) is 19.7. The summed E-state index contributed by atoms with van der Waals surface area (Å²) in [5, 5.41) is 9.04. The van der Waals surface area contributed by atoms with E-state index in [-0.39, 0.29) is 24.5 Å². The number of rotatable bonds is 7. The summed E-state index contributed by atoms with van der Waals surface area (Å²) in [6.07, 6.45) is 11.7. The predicted molar refractivity (Wildman–Crippen MR) is 121 cm³/mol. The van der Waals surface area contributed by atoms with E-state index in [4.69, 9.17) is 14.6 Å². The number of fused-ring (bicyclic) bond motifs is 2. The average molecular weight is 461 g/mol. The van der Waals surface area contributed by atoms with E-state index in [0.717, 1.165) is 38.5 Å². The fourth-order valence-corrected chi connectivity index (χ4v) is 5.72. The summed E-state index contributed by atoms with van der Waals surface area (Å²) >= 11 is 0. The van der Waals surface area contributed by atoms with Gasteiger partial charge in [-0.1, -0.05) is 37.1 Å². The number of unbranched alkanes of at least 4 members (excludes halogenated alkanes) is 3. The molecule has 4 aliphatic rings. The van der Waals surface area contributed by atoms with Crippen LogP contribution in [0.1, 0.15) is 52.4 Å². The fraction of sp³-hybridized carbons (Fsp3) is 0.720. The maximum absolute atomic E-state index is 13.9. The first-order valence-corrected chi connectivity index (χ1v) is 12.3. The van der Waals surface area contributed by atoms with E-state index in [2.05, 4.69) is 0 Å². The molecule has 2 saturated heterocycles. The second-order valence-corrected chi connectivity index (χ2v) is 9.74. The van der Waals surface area contributed by atoms with Crippen molar-refractivity contribution in [3.05, 3.63) is 24.3 Å². The predicted octanol–water partition coefficient (Wildman–Crippen LogP) is 1.82. The van der Waals surface area contributed by atoms with Crippen LogP contribution in [-0.2, 0) is 23.9 Å². The minimum atomic E-state index is -1.18. The lowest BCUT2D eigenvalue weighted by atomic mass is 9.78. The molecule has 4 heterocycles. The highest BCUT2D eigenvalue weighted by atomic mass is 16.6. The van der Waals surface area contributed by atoms with Crippen LogP contribution in [0.2, 0.25) is 0 Å². The Bertz CT molecular complexity index is 824. The Hall–Kier alpha value is -2.19. The molecule has 0 aromatic heterocycles. The molecule has 0 aromatic rings. The normalized spacial score (nSPS) is 34.8. The van der Waals surface area contributed by atoms with Gasteiger partial charge in [0, 0.05) is 25.7 Å². The maximum Gasteiger partial charge on any atom is 0.312 e. The summed E-state index contributed by atoms with van der Waals surface area (Å²) in [4.78, 5) is 44.2. The summed E-state index contributed by atoms with van der Waals surface area (Å²) in [5.74, 6) is -2.31. The highest BCUT2D eigenvalue weighted by Crippen LogP contribution is 2.53. The highest BCUT2D eigenvalue weighted by Gasteiger charge is 2.71. The quantitative estimate of drug-likeness (QED) is 0.354. The van der Waals surface area contributed by atoms with E-state index in [1.807, 2.05) is 38.2 Å². The molecule has 0 aliphatic carbocycles. The Morgan fingerprint density at radius 2 is 1.91 bits per heavy atom. The molecule has 0 saturated carbocycles. The molecule has 1 spiro atoms. The lowest BCUT2D eigenvalue weighted by Crippen LogP contribution is -2.56. The van der Waals surface area contributed by atoms with Crippen molar-refractivity contribution in [2.24, 2.45) is 11.8 Å². The number of aliphatic hydroxyl groups is 1. The molecule has 4 aliphatic heterocycles. The second kappa shape index (κ2) is 9.97. The zero-order valence-electron chi connectivity index (χ0n) is 19.7. The maximum atomic E-state index is 13.9. The fourth-order valence-electron chi connectivity index (χ4n) is 5.72. The van der Waals surface area contributed by atoms with Crippen LogP contribution in [0.4, 0.5) is 0 Å². The minimum Gasteiger partial charge on any atom is -0.465 e. The number of likely N-dealkylation sites (tertiary alicyclic amines) is 1. The minimum absolute atomic E-state index is 0.0266. The van der Waals surface area contributed by atoms with Gasteiger partial charge in [0.2, 0.25) is 11.8 Å². The smallest absolute Gasteiger partial charge is 0.312 e. The van der Waals surface area contributed by atoms with Crippen LogP contribution in [0.3, 0.4) is 0 Å². The van der Waals surface area contributed by atoms with Crippen LogP contribution >= 0.6 is 0 Å². The molecule has 182 valence electrons. The Morgan fingerprint density at radius 1 is 1.12 bits per heavy atom.